The summed E-state index contributed by atoms with van der Waals surface area (Å²) in [5.74, 6) is -0.297. The van der Waals surface area contributed by atoms with Gasteiger partial charge in [0.15, 0.2) is 0 Å². The molecule has 5 heteroatoms. The Morgan fingerprint density at radius 1 is 1.14 bits per heavy atom. The van der Waals surface area contributed by atoms with Gasteiger partial charge in [-0.1, -0.05) is 50.6 Å². The lowest BCUT2D eigenvalue weighted by Gasteiger charge is -2.10. The maximum absolute atomic E-state index is 12.2. The molecule has 0 saturated carbocycles. The van der Waals surface area contributed by atoms with Gasteiger partial charge in [0, 0.05) is 6.42 Å². The second kappa shape index (κ2) is 6.26. The summed E-state index contributed by atoms with van der Waals surface area (Å²) in [4.78, 5) is 11.9. The fourth-order valence-electron chi connectivity index (χ4n) is 2.05. The van der Waals surface area contributed by atoms with E-state index in [-0.39, 0.29) is 17.2 Å². The van der Waals surface area contributed by atoms with Gasteiger partial charge in [0.25, 0.3) is 10.0 Å². The second-order valence-corrected chi connectivity index (χ2v) is 6.94. The van der Waals surface area contributed by atoms with Crippen molar-refractivity contribution in [3.8, 4) is 0 Å². The summed E-state index contributed by atoms with van der Waals surface area (Å²) in [5.41, 5.74) is 0. The number of carbonyl (C=O) groups is 1. The molecule has 0 fully saturated rings. The Kier molecular flexibility index (Phi) is 4.63. The Morgan fingerprint density at radius 2 is 1.81 bits per heavy atom. The lowest BCUT2D eigenvalue weighted by Crippen LogP contribution is -2.31. The quantitative estimate of drug-likeness (QED) is 0.923. The van der Waals surface area contributed by atoms with Crippen LogP contribution in [0.4, 0.5) is 0 Å². The third-order valence-corrected chi connectivity index (χ3v) is 4.88. The number of hydrogen-bond donors (Lipinski definition) is 1. The topological polar surface area (TPSA) is 63.2 Å². The Labute approximate surface area is 125 Å². The second-order valence-electron chi connectivity index (χ2n) is 5.26. The number of carbonyl (C=O) groups excluding carboxylic acids is 1. The maximum Gasteiger partial charge on any atom is 0.264 e. The fraction of sp³-hybridized carbons (Fsp3) is 0.312. The van der Waals surface area contributed by atoms with E-state index in [0.717, 1.165) is 17.2 Å². The van der Waals surface area contributed by atoms with Gasteiger partial charge in [0.05, 0.1) is 4.90 Å². The molecule has 0 spiro atoms. The van der Waals surface area contributed by atoms with Crippen molar-refractivity contribution in [2.45, 2.75) is 31.6 Å². The fourth-order valence-corrected chi connectivity index (χ4v) is 3.08. The summed E-state index contributed by atoms with van der Waals surface area (Å²) in [6.45, 7) is 3.89. The van der Waals surface area contributed by atoms with Gasteiger partial charge in [-0.3, -0.25) is 4.79 Å². The molecule has 0 saturated heterocycles. The maximum atomic E-state index is 12.2. The Bertz CT molecular complexity index is 753. The summed E-state index contributed by atoms with van der Waals surface area (Å²) >= 11 is 0. The van der Waals surface area contributed by atoms with Gasteiger partial charge in [-0.05, 0) is 28.8 Å². The molecule has 1 atom stereocenters. The molecule has 2 rings (SSSR count). The normalized spacial score (nSPS) is 13.0. The van der Waals surface area contributed by atoms with E-state index in [4.69, 9.17) is 0 Å². The van der Waals surface area contributed by atoms with E-state index in [0.29, 0.717) is 0 Å². The number of sulfonamides is 1. The zero-order valence-electron chi connectivity index (χ0n) is 12.2. The van der Waals surface area contributed by atoms with Crippen LogP contribution in [0.15, 0.2) is 47.4 Å². The zero-order chi connectivity index (χ0) is 15.5. The molecular formula is C16H19NO3S. The largest absolute Gasteiger partial charge is 0.274 e. The van der Waals surface area contributed by atoms with Gasteiger partial charge in [-0.15, -0.1) is 0 Å². The molecule has 0 aliphatic heterocycles. The number of hydrogen-bond acceptors (Lipinski definition) is 3. The summed E-state index contributed by atoms with van der Waals surface area (Å²) in [5, 5.41) is 1.79. The number of amides is 1. The Balaban J connectivity index is 2.23. The van der Waals surface area contributed by atoms with Gasteiger partial charge in [-0.2, -0.15) is 0 Å². The van der Waals surface area contributed by atoms with Crippen molar-refractivity contribution >= 4 is 26.7 Å². The standard InChI is InChI=1S/C16H19NO3S/c1-3-12(2)10-16(18)17-21(19,20)15-9-8-13-6-4-5-7-14(13)11-15/h4-9,11-12H,3,10H2,1-2H3,(H,17,18). The van der Waals surface area contributed by atoms with Crippen LogP contribution in [0.25, 0.3) is 10.8 Å². The molecule has 1 N–H and O–H groups in total. The smallest absolute Gasteiger partial charge is 0.264 e. The lowest BCUT2D eigenvalue weighted by molar-refractivity contribution is -0.120. The minimum Gasteiger partial charge on any atom is -0.274 e. The van der Waals surface area contributed by atoms with Crippen LogP contribution in [0.3, 0.4) is 0 Å². The van der Waals surface area contributed by atoms with E-state index in [9.17, 15) is 13.2 Å². The van der Waals surface area contributed by atoms with Gasteiger partial charge in [-0.25, -0.2) is 13.1 Å². The summed E-state index contributed by atoms with van der Waals surface area (Å²) in [7, 11) is -3.80. The third kappa shape index (κ3) is 3.82. The van der Waals surface area contributed by atoms with Crippen molar-refractivity contribution in [2.75, 3.05) is 0 Å². The zero-order valence-corrected chi connectivity index (χ0v) is 13.0. The van der Waals surface area contributed by atoms with Crippen molar-refractivity contribution in [1.29, 1.82) is 0 Å². The van der Waals surface area contributed by atoms with Gasteiger partial charge >= 0.3 is 0 Å². The van der Waals surface area contributed by atoms with Crippen LogP contribution in [0, 0.1) is 5.92 Å². The molecule has 2 aromatic carbocycles. The Morgan fingerprint density at radius 3 is 2.48 bits per heavy atom. The number of benzene rings is 2. The van der Waals surface area contributed by atoms with E-state index in [1.807, 2.05) is 38.1 Å². The molecule has 0 aliphatic rings. The van der Waals surface area contributed by atoms with E-state index in [1.165, 1.54) is 6.07 Å². The van der Waals surface area contributed by atoms with Crippen LogP contribution in [0.1, 0.15) is 26.7 Å². The number of rotatable bonds is 5. The monoisotopic (exact) mass is 305 g/mol. The lowest BCUT2D eigenvalue weighted by atomic mass is 10.1. The van der Waals surface area contributed by atoms with Crippen molar-refractivity contribution in [3.05, 3.63) is 42.5 Å². The molecule has 0 radical (unpaired) electrons. The van der Waals surface area contributed by atoms with Gasteiger partial charge in [0.2, 0.25) is 5.91 Å². The highest BCUT2D eigenvalue weighted by molar-refractivity contribution is 7.90. The van der Waals surface area contributed by atoms with E-state index >= 15 is 0 Å². The van der Waals surface area contributed by atoms with Crippen LogP contribution < -0.4 is 4.72 Å². The molecule has 0 aromatic heterocycles. The molecule has 1 amide bonds. The Hall–Kier alpha value is -1.88. The molecule has 21 heavy (non-hydrogen) atoms. The van der Waals surface area contributed by atoms with Crippen LogP contribution in [-0.4, -0.2) is 14.3 Å². The first-order valence-electron chi connectivity index (χ1n) is 6.97. The SMILES string of the molecule is CCC(C)CC(=O)NS(=O)(=O)c1ccc2ccccc2c1. The third-order valence-electron chi connectivity index (χ3n) is 3.51. The summed E-state index contributed by atoms with van der Waals surface area (Å²) < 4.78 is 26.6. The van der Waals surface area contributed by atoms with Gasteiger partial charge in [0.1, 0.15) is 0 Å². The van der Waals surface area contributed by atoms with Crippen LogP contribution in [0.5, 0.6) is 0 Å². The van der Waals surface area contributed by atoms with Crippen molar-refractivity contribution in [2.24, 2.45) is 5.92 Å². The van der Waals surface area contributed by atoms with Crippen molar-refractivity contribution in [1.82, 2.24) is 4.72 Å². The first kappa shape index (κ1) is 15.5. The average Bonchev–Trinajstić information content (AvgIpc) is 2.45. The van der Waals surface area contributed by atoms with Gasteiger partial charge < -0.3 is 0 Å². The summed E-state index contributed by atoms with van der Waals surface area (Å²) in [6.07, 6.45) is 1.05. The van der Waals surface area contributed by atoms with Crippen LogP contribution in [0.2, 0.25) is 0 Å². The molecule has 1 unspecified atom stereocenters. The summed E-state index contributed by atoms with van der Waals surface area (Å²) in [6, 6.07) is 12.3. The van der Waals surface area contributed by atoms with Crippen molar-refractivity contribution < 1.29 is 13.2 Å². The molecule has 112 valence electrons. The molecule has 0 aliphatic carbocycles. The first-order valence-corrected chi connectivity index (χ1v) is 8.45. The first-order chi connectivity index (χ1) is 9.92. The molecule has 4 nitrogen and oxygen atoms in total. The van der Waals surface area contributed by atoms with E-state index < -0.39 is 15.9 Å². The van der Waals surface area contributed by atoms with E-state index in [2.05, 4.69) is 4.72 Å². The predicted molar refractivity (Wildman–Crippen MR) is 83.3 cm³/mol. The number of fused-ring (bicyclic) bond motifs is 1. The molecule has 0 bridgehead atoms. The minimum atomic E-state index is -3.80. The van der Waals surface area contributed by atoms with Crippen molar-refractivity contribution in [3.63, 3.8) is 0 Å². The molecular weight excluding hydrogens is 286 g/mol. The number of nitrogens with one attached hydrogen (secondary N) is 1. The van der Waals surface area contributed by atoms with Crippen LogP contribution in [-0.2, 0) is 14.8 Å². The van der Waals surface area contributed by atoms with E-state index in [1.54, 1.807) is 12.1 Å². The highest BCUT2D eigenvalue weighted by Crippen LogP contribution is 2.19. The minimum absolute atomic E-state index is 0.110. The predicted octanol–water partition coefficient (Wildman–Crippen LogP) is 3.08. The highest BCUT2D eigenvalue weighted by Gasteiger charge is 2.18. The average molecular weight is 305 g/mol. The molecule has 2 aromatic rings. The highest BCUT2D eigenvalue weighted by atomic mass is 32.2. The van der Waals surface area contributed by atoms with Crippen LogP contribution >= 0.6 is 0 Å². The molecule has 0 heterocycles.